The van der Waals surface area contributed by atoms with Crippen LogP contribution in [0.3, 0.4) is 0 Å². The molecule has 4 aliphatic carbocycles. The Morgan fingerprint density at radius 3 is 2.36 bits per heavy atom. The molecule has 4 saturated carbocycles. The Bertz CT molecular complexity index is 1110. The molecule has 0 aliphatic heterocycles. The van der Waals surface area contributed by atoms with Crippen LogP contribution in [-0.4, -0.2) is 37.4 Å². The maximum atomic E-state index is 12.6. The van der Waals surface area contributed by atoms with Crippen molar-refractivity contribution < 1.29 is 18.6 Å². The molecule has 0 radical (unpaired) electrons. The number of benzene rings is 1. The van der Waals surface area contributed by atoms with Crippen molar-refractivity contribution in [3.8, 4) is 0 Å². The Hall–Kier alpha value is -0.950. The summed E-state index contributed by atoms with van der Waals surface area (Å²) in [6.07, 6.45) is 9.99. The minimum absolute atomic E-state index is 0.112. The van der Waals surface area contributed by atoms with E-state index in [4.69, 9.17) is 0 Å². The van der Waals surface area contributed by atoms with Crippen LogP contribution < -0.4 is 4.72 Å². The fourth-order valence-corrected chi connectivity index (χ4v) is 12.0. The fraction of sp³-hybridized carbons (Fsp3) is 0.818. The van der Waals surface area contributed by atoms with E-state index in [0.29, 0.717) is 41.0 Å². The summed E-state index contributed by atoms with van der Waals surface area (Å²) in [5, 5.41) is 22.6. The van der Waals surface area contributed by atoms with E-state index in [1.165, 1.54) is 25.7 Å². The molecule has 1 unspecified atom stereocenters. The minimum atomic E-state index is -3.46. The van der Waals surface area contributed by atoms with Crippen LogP contribution >= 0.6 is 0 Å². The first-order chi connectivity index (χ1) is 18.4. The summed E-state index contributed by atoms with van der Waals surface area (Å²) >= 11 is 0. The SMILES string of the molecule is CC[C@H]1[C@@H](O)[C@@H]2[C@H](CC[C@]3(C)C([C@H](C)CCCNS(=O)(=O)c4ccccc4)CC[C@@]23C)[C@@]2(C)CC[C@@H](O)C[C@@H]12. The summed E-state index contributed by atoms with van der Waals surface area (Å²) in [4.78, 5) is 0.328. The predicted octanol–water partition coefficient (Wildman–Crippen LogP) is 6.40. The van der Waals surface area contributed by atoms with Gasteiger partial charge in [-0.3, -0.25) is 0 Å². The van der Waals surface area contributed by atoms with Gasteiger partial charge in [-0.15, -0.1) is 0 Å². The van der Waals surface area contributed by atoms with E-state index in [2.05, 4.69) is 39.3 Å². The van der Waals surface area contributed by atoms with Gasteiger partial charge in [-0.05, 0) is 122 Å². The zero-order valence-corrected chi connectivity index (χ0v) is 25.7. The molecule has 6 heteroatoms. The van der Waals surface area contributed by atoms with Crippen molar-refractivity contribution in [3.63, 3.8) is 0 Å². The van der Waals surface area contributed by atoms with Gasteiger partial charge in [0.25, 0.3) is 0 Å². The largest absolute Gasteiger partial charge is 0.393 e. The van der Waals surface area contributed by atoms with Gasteiger partial charge in [0.05, 0.1) is 17.1 Å². The molecule has 0 bridgehead atoms. The standard InChI is InChI=1S/C33H53NO4S/c1-6-25-28-21-23(35)14-17-31(28,3)27-16-18-32(4)26(15-19-33(32,5)29(27)30(25)36)22(2)11-10-20-34-39(37,38)24-12-8-7-9-13-24/h7-9,12-13,22-23,25-30,34-36H,6,10-11,14-21H2,1-5H3/t22-,23-,25-,26?,27+,28+,29+,30-,31-,32-,33+/m1/s1. The second kappa shape index (κ2) is 10.7. The van der Waals surface area contributed by atoms with Gasteiger partial charge in [0.2, 0.25) is 10.0 Å². The lowest BCUT2D eigenvalue weighted by atomic mass is 9.38. The molecule has 11 atom stereocenters. The van der Waals surface area contributed by atoms with Crippen molar-refractivity contribution in [1.82, 2.24) is 4.72 Å². The van der Waals surface area contributed by atoms with E-state index in [-0.39, 0.29) is 34.4 Å². The van der Waals surface area contributed by atoms with Gasteiger partial charge in [0.15, 0.2) is 0 Å². The minimum Gasteiger partial charge on any atom is -0.393 e. The average molecular weight is 560 g/mol. The molecular formula is C33H53NO4S. The topological polar surface area (TPSA) is 86.6 Å². The van der Waals surface area contributed by atoms with Crippen molar-refractivity contribution in [3.05, 3.63) is 30.3 Å². The van der Waals surface area contributed by atoms with Gasteiger partial charge in [0, 0.05) is 6.54 Å². The van der Waals surface area contributed by atoms with E-state index in [0.717, 1.165) is 38.5 Å². The van der Waals surface area contributed by atoms with Gasteiger partial charge in [-0.1, -0.05) is 59.2 Å². The Balaban J connectivity index is 1.29. The van der Waals surface area contributed by atoms with Crippen LogP contribution in [0.5, 0.6) is 0 Å². The lowest BCUT2D eigenvalue weighted by Gasteiger charge is -2.68. The van der Waals surface area contributed by atoms with Gasteiger partial charge in [0.1, 0.15) is 0 Å². The Kier molecular flexibility index (Phi) is 8.11. The van der Waals surface area contributed by atoms with Crippen molar-refractivity contribution in [2.45, 2.75) is 116 Å². The molecule has 1 aromatic rings. The average Bonchev–Trinajstić information content (AvgIpc) is 3.19. The van der Waals surface area contributed by atoms with Gasteiger partial charge < -0.3 is 10.2 Å². The van der Waals surface area contributed by atoms with E-state index >= 15 is 0 Å². The molecule has 4 fully saturated rings. The first kappa shape index (κ1) is 29.5. The first-order valence-corrected chi connectivity index (χ1v) is 17.3. The van der Waals surface area contributed by atoms with Crippen LogP contribution in [-0.2, 0) is 10.0 Å². The van der Waals surface area contributed by atoms with Crippen molar-refractivity contribution in [2.24, 2.45) is 51.8 Å². The predicted molar refractivity (Wildman–Crippen MR) is 156 cm³/mol. The number of rotatable bonds is 8. The first-order valence-electron chi connectivity index (χ1n) is 15.8. The van der Waals surface area contributed by atoms with Crippen molar-refractivity contribution >= 4 is 10.0 Å². The number of fused-ring (bicyclic) bond motifs is 5. The molecule has 220 valence electrons. The van der Waals surface area contributed by atoms with Gasteiger partial charge >= 0.3 is 0 Å². The molecule has 0 aromatic heterocycles. The molecule has 0 amide bonds. The van der Waals surface area contributed by atoms with E-state index in [1.807, 2.05) is 6.07 Å². The molecule has 1 aromatic carbocycles. The van der Waals surface area contributed by atoms with Gasteiger partial charge in [-0.2, -0.15) is 0 Å². The number of hydrogen-bond donors (Lipinski definition) is 3. The molecule has 5 rings (SSSR count). The van der Waals surface area contributed by atoms with Crippen LogP contribution in [0.2, 0.25) is 0 Å². The Morgan fingerprint density at radius 2 is 1.67 bits per heavy atom. The van der Waals surface area contributed by atoms with Crippen LogP contribution in [0.4, 0.5) is 0 Å². The summed E-state index contributed by atoms with van der Waals surface area (Å²) in [5.41, 5.74) is 0.516. The van der Waals surface area contributed by atoms with E-state index < -0.39 is 10.0 Å². The highest BCUT2D eigenvalue weighted by molar-refractivity contribution is 7.89. The van der Waals surface area contributed by atoms with E-state index in [9.17, 15) is 18.6 Å². The number of sulfonamides is 1. The number of hydrogen-bond acceptors (Lipinski definition) is 4. The van der Waals surface area contributed by atoms with E-state index in [1.54, 1.807) is 24.3 Å². The molecule has 5 nitrogen and oxygen atoms in total. The molecular weight excluding hydrogens is 506 g/mol. The third-order valence-electron chi connectivity index (χ3n) is 13.1. The van der Waals surface area contributed by atoms with Crippen molar-refractivity contribution in [1.29, 1.82) is 0 Å². The van der Waals surface area contributed by atoms with Crippen LogP contribution in [0.25, 0.3) is 0 Å². The second-order valence-electron chi connectivity index (χ2n) is 14.6. The normalized spacial score (nSPS) is 44.7. The summed E-state index contributed by atoms with van der Waals surface area (Å²) in [5.74, 6) is 2.68. The maximum Gasteiger partial charge on any atom is 0.240 e. The van der Waals surface area contributed by atoms with Crippen LogP contribution in [0.1, 0.15) is 98.8 Å². The second-order valence-corrected chi connectivity index (χ2v) is 16.4. The lowest BCUT2D eigenvalue weighted by molar-refractivity contribution is -0.230. The van der Waals surface area contributed by atoms with Crippen molar-refractivity contribution in [2.75, 3.05) is 6.54 Å². The van der Waals surface area contributed by atoms with Crippen LogP contribution in [0, 0.1) is 51.8 Å². The number of aliphatic hydroxyl groups excluding tert-OH is 2. The summed E-state index contributed by atoms with van der Waals surface area (Å²) in [7, 11) is -3.46. The highest BCUT2D eigenvalue weighted by atomic mass is 32.2. The highest BCUT2D eigenvalue weighted by Gasteiger charge is 2.69. The fourth-order valence-electron chi connectivity index (χ4n) is 10.9. The van der Waals surface area contributed by atoms with Gasteiger partial charge in [-0.25, -0.2) is 13.1 Å². The number of aliphatic hydroxyl groups is 2. The molecule has 39 heavy (non-hydrogen) atoms. The lowest BCUT2D eigenvalue weighted by Crippen LogP contribution is -2.65. The molecule has 4 aliphatic rings. The summed E-state index contributed by atoms with van der Waals surface area (Å²) in [6.45, 7) is 12.6. The zero-order chi connectivity index (χ0) is 28.2. The maximum absolute atomic E-state index is 12.6. The third kappa shape index (κ3) is 4.73. The molecule has 3 N–H and O–H groups in total. The number of nitrogens with one attached hydrogen (secondary N) is 1. The van der Waals surface area contributed by atoms with Crippen LogP contribution in [0.15, 0.2) is 35.2 Å². The smallest absolute Gasteiger partial charge is 0.240 e. The zero-order valence-electron chi connectivity index (χ0n) is 24.9. The highest BCUT2D eigenvalue weighted by Crippen LogP contribution is 2.74. The summed E-state index contributed by atoms with van der Waals surface area (Å²) < 4.78 is 28.1. The quantitative estimate of drug-likeness (QED) is 0.322. The molecule has 0 saturated heterocycles. The summed E-state index contributed by atoms with van der Waals surface area (Å²) in [6, 6.07) is 8.63. The monoisotopic (exact) mass is 559 g/mol. The third-order valence-corrected chi connectivity index (χ3v) is 14.6. The Morgan fingerprint density at radius 1 is 0.974 bits per heavy atom. The Labute approximate surface area is 237 Å². The molecule has 0 heterocycles. The molecule has 0 spiro atoms.